The van der Waals surface area contributed by atoms with E-state index in [0.29, 0.717) is 28.8 Å². The van der Waals surface area contributed by atoms with Crippen LogP contribution in [0, 0.1) is 13.8 Å². The largest absolute Gasteiger partial charge is 0.494 e. The molecule has 0 aliphatic heterocycles. The van der Waals surface area contributed by atoms with Crippen LogP contribution in [-0.4, -0.2) is 58.7 Å². The summed E-state index contributed by atoms with van der Waals surface area (Å²) in [5, 5.41) is 7.87. The molecule has 0 spiro atoms. The van der Waals surface area contributed by atoms with Gasteiger partial charge < -0.3 is 14.2 Å². The topological polar surface area (TPSA) is 122 Å². The molecule has 3 aromatic heterocycles. The number of aryl methyl sites for hydroxylation is 3. The summed E-state index contributed by atoms with van der Waals surface area (Å²) in [6, 6.07) is 7.32. The highest BCUT2D eigenvalue weighted by atomic mass is 32.2. The number of para-hydroxylation sites is 1. The van der Waals surface area contributed by atoms with Gasteiger partial charge in [0.15, 0.2) is 39.7 Å². The maximum absolute atomic E-state index is 14.0. The van der Waals surface area contributed by atoms with Crippen molar-refractivity contribution in [3.8, 4) is 28.6 Å². The second-order valence-corrected chi connectivity index (χ2v) is 12.6. The monoisotopic (exact) mass is 581 g/mol. The minimum atomic E-state index is -3.89. The first-order valence-corrected chi connectivity index (χ1v) is 14.9. The van der Waals surface area contributed by atoms with E-state index in [1.54, 1.807) is 56.3 Å². The van der Waals surface area contributed by atoms with Crippen molar-refractivity contribution in [2.75, 3.05) is 14.2 Å². The Kier molecular flexibility index (Phi) is 9.03. The van der Waals surface area contributed by atoms with E-state index in [1.807, 2.05) is 57.8 Å². The molecule has 41 heavy (non-hydrogen) atoms. The number of nitrogens with zero attached hydrogens (tertiary/aromatic N) is 6. The van der Waals surface area contributed by atoms with Crippen molar-refractivity contribution in [3.05, 3.63) is 71.8 Å². The SMILES string of the molecule is COc1cccc(OC)c1-n1c(CS(=O)(=O)[C@@H](C)[C@@H](OC(C)C)c2ncc(C)cn2)nnc1-c1cc(C)c[n+](C)c1. The van der Waals surface area contributed by atoms with Gasteiger partial charge in [-0.1, -0.05) is 6.07 Å². The predicted octanol–water partition coefficient (Wildman–Crippen LogP) is 3.65. The van der Waals surface area contributed by atoms with Gasteiger partial charge >= 0.3 is 0 Å². The Bertz CT molecular complexity index is 1580. The third kappa shape index (κ3) is 6.54. The van der Waals surface area contributed by atoms with Crippen molar-refractivity contribution in [3.63, 3.8) is 0 Å². The van der Waals surface area contributed by atoms with E-state index >= 15 is 0 Å². The highest BCUT2D eigenvalue weighted by Crippen LogP contribution is 2.37. The summed E-state index contributed by atoms with van der Waals surface area (Å²) >= 11 is 0. The Morgan fingerprint density at radius 3 is 2.15 bits per heavy atom. The van der Waals surface area contributed by atoms with E-state index in [2.05, 4.69) is 20.2 Å². The van der Waals surface area contributed by atoms with E-state index < -0.39 is 26.9 Å². The lowest BCUT2D eigenvalue weighted by Gasteiger charge is -2.25. The molecule has 4 aromatic rings. The third-order valence-electron chi connectivity index (χ3n) is 6.54. The van der Waals surface area contributed by atoms with Crippen LogP contribution in [0.25, 0.3) is 17.1 Å². The van der Waals surface area contributed by atoms with Crippen LogP contribution in [0.4, 0.5) is 0 Å². The first-order chi connectivity index (χ1) is 19.4. The second-order valence-electron chi connectivity index (χ2n) is 10.3. The highest BCUT2D eigenvalue weighted by Gasteiger charge is 2.36. The van der Waals surface area contributed by atoms with Crippen molar-refractivity contribution < 1.29 is 27.2 Å². The average molecular weight is 582 g/mol. The Hall–Kier alpha value is -3.90. The van der Waals surface area contributed by atoms with Crippen molar-refractivity contribution in [2.45, 2.75) is 57.8 Å². The van der Waals surface area contributed by atoms with Crippen LogP contribution in [0.2, 0.25) is 0 Å². The number of rotatable bonds is 11. The molecule has 218 valence electrons. The summed E-state index contributed by atoms with van der Waals surface area (Å²) in [6.45, 7) is 9.14. The second kappa shape index (κ2) is 12.3. The number of pyridine rings is 1. The number of benzene rings is 1. The van der Waals surface area contributed by atoms with Crippen LogP contribution in [0.1, 0.15) is 49.7 Å². The Morgan fingerprint density at radius 1 is 0.951 bits per heavy atom. The molecule has 0 aliphatic rings. The van der Waals surface area contributed by atoms with Gasteiger partial charge in [0.25, 0.3) is 0 Å². The Balaban J connectivity index is 1.87. The zero-order chi connectivity index (χ0) is 29.9. The van der Waals surface area contributed by atoms with Crippen molar-refractivity contribution in [1.29, 1.82) is 0 Å². The molecule has 0 aliphatic carbocycles. The van der Waals surface area contributed by atoms with Gasteiger partial charge in [-0.3, -0.25) is 4.57 Å². The molecular formula is C29H37N6O5S+. The lowest BCUT2D eigenvalue weighted by atomic mass is 10.2. The molecule has 12 heteroatoms. The summed E-state index contributed by atoms with van der Waals surface area (Å²) in [5.74, 6) is 1.48. The Labute approximate surface area is 241 Å². The summed E-state index contributed by atoms with van der Waals surface area (Å²) in [4.78, 5) is 8.75. The van der Waals surface area contributed by atoms with Gasteiger partial charge in [0, 0.05) is 18.0 Å². The number of hydrogen-bond acceptors (Lipinski definition) is 9. The zero-order valence-corrected chi connectivity index (χ0v) is 25.5. The number of sulfone groups is 1. The lowest BCUT2D eigenvalue weighted by Crippen LogP contribution is -2.32. The maximum Gasteiger partial charge on any atom is 0.179 e. The fourth-order valence-corrected chi connectivity index (χ4v) is 6.00. The molecule has 0 amide bonds. The first-order valence-electron chi connectivity index (χ1n) is 13.2. The lowest BCUT2D eigenvalue weighted by molar-refractivity contribution is -0.671. The summed E-state index contributed by atoms with van der Waals surface area (Å²) in [5.41, 5.74) is 3.11. The molecule has 3 heterocycles. The average Bonchev–Trinajstić information content (AvgIpc) is 3.32. The predicted molar refractivity (Wildman–Crippen MR) is 154 cm³/mol. The van der Waals surface area contributed by atoms with Gasteiger partial charge in [-0.15, -0.1) is 10.2 Å². The van der Waals surface area contributed by atoms with Crippen LogP contribution >= 0.6 is 0 Å². The van der Waals surface area contributed by atoms with Crippen molar-refractivity contribution >= 4 is 9.84 Å². The van der Waals surface area contributed by atoms with Crippen molar-refractivity contribution in [2.24, 2.45) is 7.05 Å². The van der Waals surface area contributed by atoms with E-state index in [1.165, 1.54) is 0 Å². The molecule has 4 rings (SSSR count). The summed E-state index contributed by atoms with van der Waals surface area (Å²) < 4.78 is 49.1. The quantitative estimate of drug-likeness (QED) is 0.244. The smallest absolute Gasteiger partial charge is 0.179 e. The molecular weight excluding hydrogens is 544 g/mol. The van der Waals surface area contributed by atoms with Gasteiger partial charge in [-0.25, -0.2) is 23.0 Å². The van der Waals surface area contributed by atoms with E-state index in [9.17, 15) is 8.42 Å². The number of methoxy groups -OCH3 is 2. The van der Waals surface area contributed by atoms with Crippen molar-refractivity contribution in [1.82, 2.24) is 24.7 Å². The fraction of sp³-hybridized carbons (Fsp3) is 0.414. The minimum Gasteiger partial charge on any atom is -0.494 e. The molecule has 2 atom stereocenters. The molecule has 0 N–H and O–H groups in total. The Morgan fingerprint density at radius 2 is 1.59 bits per heavy atom. The van der Waals surface area contributed by atoms with E-state index in [0.717, 1.165) is 16.7 Å². The molecule has 0 bridgehead atoms. The van der Waals surface area contributed by atoms with E-state index in [4.69, 9.17) is 14.2 Å². The van der Waals surface area contributed by atoms with Crippen LogP contribution < -0.4 is 14.0 Å². The third-order valence-corrected chi connectivity index (χ3v) is 8.58. The zero-order valence-electron chi connectivity index (χ0n) is 24.7. The van der Waals surface area contributed by atoms with Crippen LogP contribution in [0.5, 0.6) is 11.5 Å². The number of aromatic nitrogens is 6. The van der Waals surface area contributed by atoms with Crippen LogP contribution in [0.15, 0.2) is 49.1 Å². The molecule has 0 saturated heterocycles. The molecule has 1 aromatic carbocycles. The van der Waals surface area contributed by atoms with Gasteiger partial charge in [-0.2, -0.15) is 0 Å². The molecule has 0 unspecified atom stereocenters. The summed E-state index contributed by atoms with van der Waals surface area (Å²) in [6.07, 6.45) is 6.04. The molecule has 0 saturated carbocycles. The number of ether oxygens (including phenoxy) is 3. The first kappa shape index (κ1) is 30.1. The fourth-order valence-electron chi connectivity index (χ4n) is 4.63. The van der Waals surface area contributed by atoms with Gasteiger partial charge in [0.05, 0.1) is 31.1 Å². The number of hydrogen-bond donors (Lipinski definition) is 0. The van der Waals surface area contributed by atoms with Gasteiger partial charge in [0.1, 0.15) is 36.1 Å². The minimum absolute atomic E-state index is 0.201. The molecule has 0 radical (unpaired) electrons. The van der Waals surface area contributed by atoms with E-state index in [-0.39, 0.29) is 11.9 Å². The summed E-state index contributed by atoms with van der Waals surface area (Å²) in [7, 11) is 1.12. The van der Waals surface area contributed by atoms with Crippen LogP contribution in [0.3, 0.4) is 0 Å². The maximum atomic E-state index is 14.0. The molecule has 11 nitrogen and oxygen atoms in total. The highest BCUT2D eigenvalue weighted by molar-refractivity contribution is 7.91. The van der Waals surface area contributed by atoms with Gasteiger partial charge in [-0.05, 0) is 58.4 Å². The standard InChI is InChI=1S/C29H37N6O5S/c1-18(2)40-27(28-30-13-20(4)14-31-28)21(5)41(36,37)17-25-32-33-29(22-12-19(3)15-34(6)16-22)35(25)26-23(38-7)10-9-11-24(26)39-8/h9-16,18,21,27H,17H2,1-8H3/q+1/t21-,27+/m0/s1. The molecule has 0 fully saturated rings. The normalized spacial score (nSPS) is 13.3. The van der Waals surface area contributed by atoms with Crippen LogP contribution in [-0.2, 0) is 27.4 Å². The van der Waals surface area contributed by atoms with Gasteiger partial charge in [0.2, 0.25) is 0 Å².